The number of nitrogens with zero attached hydrogens (tertiary/aromatic N) is 2. The lowest BCUT2D eigenvalue weighted by molar-refractivity contribution is 0.0689. The van der Waals surface area contributed by atoms with Crippen molar-refractivity contribution < 1.29 is 19.4 Å². The Kier molecular flexibility index (Phi) is 4.37. The third kappa shape index (κ3) is 3.47. The number of methoxy groups -OCH3 is 1. The van der Waals surface area contributed by atoms with Crippen molar-refractivity contribution in [2.24, 2.45) is 0 Å². The first-order valence-corrected chi connectivity index (χ1v) is 6.47. The Labute approximate surface area is 122 Å². The maximum absolute atomic E-state index is 11.0. The van der Waals surface area contributed by atoms with E-state index in [0.29, 0.717) is 17.2 Å². The van der Waals surface area contributed by atoms with Gasteiger partial charge in [0.2, 0.25) is 0 Å². The predicted molar refractivity (Wildman–Crippen MR) is 76.2 cm³/mol. The van der Waals surface area contributed by atoms with E-state index < -0.39 is 5.97 Å². The van der Waals surface area contributed by atoms with Crippen LogP contribution in [0.15, 0.2) is 24.3 Å². The van der Waals surface area contributed by atoms with Gasteiger partial charge in [0.25, 0.3) is 0 Å². The van der Waals surface area contributed by atoms with Gasteiger partial charge >= 0.3 is 12.0 Å². The first kappa shape index (κ1) is 14.8. The molecule has 21 heavy (non-hydrogen) atoms. The average molecular weight is 288 g/mol. The topological polar surface area (TPSA) is 81.5 Å². The van der Waals surface area contributed by atoms with Crippen LogP contribution >= 0.6 is 0 Å². The summed E-state index contributed by atoms with van der Waals surface area (Å²) in [6, 6.07) is 6.89. The molecule has 2 aromatic rings. The van der Waals surface area contributed by atoms with Crippen molar-refractivity contribution in [2.75, 3.05) is 7.11 Å². The summed E-state index contributed by atoms with van der Waals surface area (Å²) in [7, 11) is 1.54. The van der Waals surface area contributed by atoms with Crippen LogP contribution in [0.5, 0.6) is 17.5 Å². The molecule has 6 nitrogen and oxygen atoms in total. The predicted octanol–water partition coefficient (Wildman–Crippen LogP) is 2.85. The lowest BCUT2D eigenvalue weighted by atomic mass is 10.1. The van der Waals surface area contributed by atoms with E-state index in [1.807, 2.05) is 19.1 Å². The summed E-state index contributed by atoms with van der Waals surface area (Å²) in [5.41, 5.74) is 1.51. The maximum atomic E-state index is 11.0. The van der Waals surface area contributed by atoms with Crippen molar-refractivity contribution in [3.8, 4) is 17.5 Å². The molecule has 0 radical (unpaired) electrons. The molecule has 2 rings (SSSR count). The van der Waals surface area contributed by atoms with Crippen LogP contribution in [0.1, 0.15) is 28.7 Å². The molecule has 0 unspecified atom stereocenters. The molecular weight excluding hydrogens is 272 g/mol. The van der Waals surface area contributed by atoms with E-state index in [9.17, 15) is 4.79 Å². The first-order chi connectivity index (χ1) is 10.0. The highest BCUT2D eigenvalue weighted by Gasteiger charge is 2.12. The molecule has 0 atom stereocenters. The molecule has 0 spiro atoms. The van der Waals surface area contributed by atoms with Crippen LogP contribution in [0.4, 0.5) is 0 Å². The van der Waals surface area contributed by atoms with Crippen LogP contribution in [0, 0.1) is 6.92 Å². The Balaban J connectivity index is 2.35. The van der Waals surface area contributed by atoms with Gasteiger partial charge in [0.15, 0.2) is 17.2 Å². The maximum Gasteiger partial charge on any atom is 0.354 e. The van der Waals surface area contributed by atoms with Crippen molar-refractivity contribution in [1.82, 2.24) is 9.97 Å². The monoisotopic (exact) mass is 288 g/mol. The van der Waals surface area contributed by atoms with Gasteiger partial charge < -0.3 is 14.6 Å². The van der Waals surface area contributed by atoms with Crippen LogP contribution in [0.3, 0.4) is 0 Å². The van der Waals surface area contributed by atoms with Crippen molar-refractivity contribution in [2.45, 2.75) is 20.3 Å². The lowest BCUT2D eigenvalue weighted by Gasteiger charge is -2.11. The summed E-state index contributed by atoms with van der Waals surface area (Å²) in [6.45, 7) is 3.72. The van der Waals surface area contributed by atoms with Gasteiger partial charge in [-0.05, 0) is 37.1 Å². The standard InChI is InChI=1S/C15H16N2O4/c1-4-10-5-6-12(13(8-10)20-3)21-15-16-9(2)7-11(17-15)14(18)19/h5-8H,4H2,1-3H3,(H,18,19). The summed E-state index contributed by atoms with van der Waals surface area (Å²) in [4.78, 5) is 18.9. The molecule has 1 N–H and O–H groups in total. The smallest absolute Gasteiger partial charge is 0.354 e. The average Bonchev–Trinajstić information content (AvgIpc) is 2.47. The SMILES string of the molecule is CCc1ccc(Oc2nc(C)cc(C(=O)O)n2)c(OC)c1. The summed E-state index contributed by atoms with van der Waals surface area (Å²) < 4.78 is 10.8. The Hall–Kier alpha value is -2.63. The number of hydrogen-bond acceptors (Lipinski definition) is 5. The zero-order valence-electron chi connectivity index (χ0n) is 12.1. The van der Waals surface area contributed by atoms with E-state index in [0.717, 1.165) is 12.0 Å². The summed E-state index contributed by atoms with van der Waals surface area (Å²) in [6.07, 6.45) is 0.876. The van der Waals surface area contributed by atoms with E-state index in [-0.39, 0.29) is 11.7 Å². The number of carbonyl (C=O) groups is 1. The fourth-order valence-corrected chi connectivity index (χ4v) is 1.81. The van der Waals surface area contributed by atoms with Crippen LogP contribution in [-0.2, 0) is 6.42 Å². The largest absolute Gasteiger partial charge is 0.493 e. The Morgan fingerprint density at radius 1 is 1.24 bits per heavy atom. The zero-order valence-corrected chi connectivity index (χ0v) is 12.1. The minimum Gasteiger partial charge on any atom is -0.493 e. The molecule has 0 aliphatic carbocycles. The Bertz CT molecular complexity index is 671. The second-order valence-corrected chi connectivity index (χ2v) is 4.42. The van der Waals surface area contributed by atoms with Crippen molar-refractivity contribution in [3.63, 3.8) is 0 Å². The third-order valence-electron chi connectivity index (χ3n) is 2.89. The van der Waals surface area contributed by atoms with Gasteiger partial charge in [-0.1, -0.05) is 13.0 Å². The summed E-state index contributed by atoms with van der Waals surface area (Å²) in [5.74, 6) is -0.133. The van der Waals surface area contributed by atoms with Crippen LogP contribution < -0.4 is 9.47 Å². The number of aromatic carboxylic acids is 1. The fourth-order valence-electron chi connectivity index (χ4n) is 1.81. The van der Waals surface area contributed by atoms with Gasteiger partial charge in [-0.25, -0.2) is 9.78 Å². The highest BCUT2D eigenvalue weighted by atomic mass is 16.5. The number of carboxylic acid groups (broad SMARTS) is 1. The normalized spacial score (nSPS) is 10.2. The molecular formula is C15H16N2O4. The third-order valence-corrected chi connectivity index (χ3v) is 2.89. The van der Waals surface area contributed by atoms with Crippen molar-refractivity contribution in [1.29, 1.82) is 0 Å². The summed E-state index contributed by atoms with van der Waals surface area (Å²) >= 11 is 0. The number of aryl methyl sites for hydroxylation is 2. The quantitative estimate of drug-likeness (QED) is 0.911. The number of carboxylic acids is 1. The van der Waals surface area contributed by atoms with E-state index in [1.165, 1.54) is 6.07 Å². The van der Waals surface area contributed by atoms with Gasteiger partial charge in [-0.2, -0.15) is 4.98 Å². The molecule has 1 aromatic heterocycles. The van der Waals surface area contributed by atoms with E-state index in [4.69, 9.17) is 14.6 Å². The van der Waals surface area contributed by atoms with E-state index in [2.05, 4.69) is 9.97 Å². The van der Waals surface area contributed by atoms with E-state index >= 15 is 0 Å². The van der Waals surface area contributed by atoms with Crippen molar-refractivity contribution >= 4 is 5.97 Å². The van der Waals surface area contributed by atoms with Gasteiger partial charge in [0.1, 0.15) is 0 Å². The molecule has 0 saturated carbocycles. The Morgan fingerprint density at radius 2 is 2.00 bits per heavy atom. The van der Waals surface area contributed by atoms with Crippen LogP contribution in [0.25, 0.3) is 0 Å². The highest BCUT2D eigenvalue weighted by molar-refractivity contribution is 5.85. The molecule has 0 bridgehead atoms. The van der Waals surface area contributed by atoms with Crippen molar-refractivity contribution in [3.05, 3.63) is 41.2 Å². The molecule has 6 heteroatoms. The fraction of sp³-hybridized carbons (Fsp3) is 0.267. The lowest BCUT2D eigenvalue weighted by Crippen LogP contribution is -2.04. The van der Waals surface area contributed by atoms with Gasteiger partial charge in [0.05, 0.1) is 7.11 Å². The second-order valence-electron chi connectivity index (χ2n) is 4.42. The highest BCUT2D eigenvalue weighted by Crippen LogP contribution is 2.31. The second kappa shape index (κ2) is 6.21. The molecule has 0 aliphatic rings. The summed E-state index contributed by atoms with van der Waals surface area (Å²) in [5, 5.41) is 9.00. The number of rotatable bonds is 5. The minimum atomic E-state index is -1.13. The molecule has 110 valence electrons. The van der Waals surface area contributed by atoms with Crippen LogP contribution in [0.2, 0.25) is 0 Å². The number of hydrogen-bond donors (Lipinski definition) is 1. The zero-order chi connectivity index (χ0) is 15.4. The molecule has 0 fully saturated rings. The number of aromatic nitrogens is 2. The van der Waals surface area contributed by atoms with Gasteiger partial charge in [0, 0.05) is 5.69 Å². The van der Waals surface area contributed by atoms with Gasteiger partial charge in [-0.3, -0.25) is 0 Å². The Morgan fingerprint density at radius 3 is 2.62 bits per heavy atom. The van der Waals surface area contributed by atoms with Gasteiger partial charge in [-0.15, -0.1) is 0 Å². The number of benzene rings is 1. The van der Waals surface area contributed by atoms with Crippen LogP contribution in [-0.4, -0.2) is 28.2 Å². The molecule has 1 heterocycles. The number of ether oxygens (including phenoxy) is 2. The molecule has 0 aliphatic heterocycles. The first-order valence-electron chi connectivity index (χ1n) is 6.47. The minimum absolute atomic E-state index is 0.0186. The van der Waals surface area contributed by atoms with E-state index in [1.54, 1.807) is 20.1 Å². The molecule has 0 saturated heterocycles. The molecule has 1 aromatic carbocycles. The molecule has 0 amide bonds.